The van der Waals surface area contributed by atoms with Crippen LogP contribution in [0, 0.1) is 19.8 Å². The summed E-state index contributed by atoms with van der Waals surface area (Å²) < 4.78 is 0. The molecule has 0 unspecified atom stereocenters. The number of likely N-dealkylation sites (tertiary alicyclic amines) is 1. The van der Waals surface area contributed by atoms with E-state index in [0.29, 0.717) is 6.54 Å². The molecule has 1 aliphatic rings. The summed E-state index contributed by atoms with van der Waals surface area (Å²) in [7, 11) is 0. The molecule has 1 saturated heterocycles. The van der Waals surface area contributed by atoms with Crippen LogP contribution in [0.4, 0.5) is 5.69 Å². The molecule has 0 aliphatic carbocycles. The van der Waals surface area contributed by atoms with Gasteiger partial charge in [0.15, 0.2) is 0 Å². The van der Waals surface area contributed by atoms with Gasteiger partial charge in [-0.2, -0.15) is 0 Å². The molecule has 0 saturated carbocycles. The van der Waals surface area contributed by atoms with Crippen LogP contribution in [-0.2, 0) is 9.59 Å². The van der Waals surface area contributed by atoms with Crippen molar-refractivity contribution in [3.05, 3.63) is 29.3 Å². The number of hydrogen-bond acceptors (Lipinski definition) is 3. The second kappa shape index (κ2) is 6.66. The van der Waals surface area contributed by atoms with Crippen LogP contribution in [0.1, 0.15) is 24.0 Å². The lowest BCUT2D eigenvalue weighted by Crippen LogP contribution is -2.39. The second-order valence-electron chi connectivity index (χ2n) is 5.60. The molecule has 1 amide bonds. The molecule has 20 heavy (non-hydrogen) atoms. The maximum atomic E-state index is 12.0. The smallest absolute Gasteiger partial charge is 0.238 e. The van der Waals surface area contributed by atoms with Crippen molar-refractivity contribution in [2.24, 2.45) is 5.92 Å². The van der Waals surface area contributed by atoms with Gasteiger partial charge >= 0.3 is 0 Å². The molecule has 1 fully saturated rings. The normalized spacial score (nSPS) is 16.9. The van der Waals surface area contributed by atoms with E-state index in [-0.39, 0.29) is 11.8 Å². The van der Waals surface area contributed by atoms with Crippen molar-refractivity contribution in [1.29, 1.82) is 0 Å². The predicted octanol–water partition coefficient (Wildman–Crippen LogP) is 2.15. The number of carbonyl (C=O) groups is 2. The van der Waals surface area contributed by atoms with E-state index in [9.17, 15) is 9.59 Å². The third-order valence-corrected chi connectivity index (χ3v) is 3.98. The largest absolute Gasteiger partial charge is 0.325 e. The van der Waals surface area contributed by atoms with E-state index in [1.165, 1.54) is 11.1 Å². The molecule has 1 aliphatic heterocycles. The standard InChI is InChI=1S/C16H22N2O2/c1-12-3-4-15(9-13(12)2)17-16(20)10-18-7-5-14(11-19)6-8-18/h3-4,9,11,14H,5-8,10H2,1-2H3,(H,17,20). The molecule has 2 rings (SSSR count). The van der Waals surface area contributed by atoms with Gasteiger partial charge in [0.25, 0.3) is 0 Å². The number of piperidine rings is 1. The number of nitrogens with zero attached hydrogens (tertiary/aromatic N) is 1. The summed E-state index contributed by atoms with van der Waals surface area (Å²) in [5.41, 5.74) is 3.24. The molecule has 0 bridgehead atoms. The topological polar surface area (TPSA) is 49.4 Å². The molecule has 0 aromatic heterocycles. The van der Waals surface area contributed by atoms with Crippen LogP contribution in [0.3, 0.4) is 0 Å². The maximum absolute atomic E-state index is 12.0. The molecule has 1 N–H and O–H groups in total. The van der Waals surface area contributed by atoms with Gasteiger partial charge in [0.2, 0.25) is 5.91 Å². The average Bonchev–Trinajstić information content (AvgIpc) is 2.44. The van der Waals surface area contributed by atoms with Crippen LogP contribution in [-0.4, -0.2) is 36.7 Å². The lowest BCUT2D eigenvalue weighted by molar-refractivity contribution is -0.117. The van der Waals surface area contributed by atoms with E-state index >= 15 is 0 Å². The third-order valence-electron chi connectivity index (χ3n) is 3.98. The molecule has 0 radical (unpaired) electrons. The number of nitrogens with one attached hydrogen (secondary N) is 1. The van der Waals surface area contributed by atoms with E-state index in [4.69, 9.17) is 0 Å². The molecule has 1 heterocycles. The van der Waals surface area contributed by atoms with E-state index in [0.717, 1.165) is 37.9 Å². The van der Waals surface area contributed by atoms with E-state index in [2.05, 4.69) is 17.1 Å². The van der Waals surface area contributed by atoms with Crippen molar-refractivity contribution in [2.75, 3.05) is 25.0 Å². The number of aldehydes is 1. The Morgan fingerprint density at radius 3 is 2.60 bits per heavy atom. The van der Waals surface area contributed by atoms with Crippen LogP contribution in [0.25, 0.3) is 0 Å². The lowest BCUT2D eigenvalue weighted by atomic mass is 9.99. The van der Waals surface area contributed by atoms with Gasteiger partial charge in [-0.25, -0.2) is 0 Å². The first-order valence-corrected chi connectivity index (χ1v) is 7.13. The molecule has 1 aromatic rings. The fraction of sp³-hybridized carbons (Fsp3) is 0.500. The summed E-state index contributed by atoms with van der Waals surface area (Å²) in [5, 5.41) is 2.93. The van der Waals surface area contributed by atoms with E-state index in [1.54, 1.807) is 0 Å². The second-order valence-corrected chi connectivity index (χ2v) is 5.60. The first-order chi connectivity index (χ1) is 9.58. The van der Waals surface area contributed by atoms with Crippen LogP contribution < -0.4 is 5.32 Å². The van der Waals surface area contributed by atoms with Crippen molar-refractivity contribution < 1.29 is 9.59 Å². The average molecular weight is 274 g/mol. The summed E-state index contributed by atoms with van der Waals surface area (Å²) in [5.74, 6) is 0.187. The molecule has 0 atom stereocenters. The fourth-order valence-electron chi connectivity index (χ4n) is 2.47. The van der Waals surface area contributed by atoms with Gasteiger partial charge in [0.05, 0.1) is 6.54 Å². The highest BCUT2D eigenvalue weighted by Gasteiger charge is 2.20. The SMILES string of the molecule is Cc1ccc(NC(=O)CN2CCC(C=O)CC2)cc1C. The highest BCUT2D eigenvalue weighted by molar-refractivity contribution is 5.92. The van der Waals surface area contributed by atoms with Crippen molar-refractivity contribution in [3.63, 3.8) is 0 Å². The van der Waals surface area contributed by atoms with E-state index < -0.39 is 0 Å². The number of rotatable bonds is 4. The minimum atomic E-state index is 0.0119. The Kier molecular flexibility index (Phi) is 4.90. The summed E-state index contributed by atoms with van der Waals surface area (Å²) in [6.07, 6.45) is 2.76. The highest BCUT2D eigenvalue weighted by atomic mass is 16.2. The van der Waals surface area contributed by atoms with Crippen LogP contribution in [0.15, 0.2) is 18.2 Å². The van der Waals surface area contributed by atoms with Gasteiger partial charge in [0, 0.05) is 11.6 Å². The zero-order valence-electron chi connectivity index (χ0n) is 12.2. The van der Waals surface area contributed by atoms with Gasteiger partial charge < -0.3 is 10.1 Å². The third kappa shape index (κ3) is 3.90. The van der Waals surface area contributed by atoms with Crippen LogP contribution in [0.5, 0.6) is 0 Å². The molecule has 0 spiro atoms. The van der Waals surface area contributed by atoms with Gasteiger partial charge in [-0.1, -0.05) is 6.07 Å². The number of anilines is 1. The molecular weight excluding hydrogens is 252 g/mol. The van der Waals surface area contributed by atoms with Crippen molar-refractivity contribution in [3.8, 4) is 0 Å². The number of hydrogen-bond donors (Lipinski definition) is 1. The molecular formula is C16H22N2O2. The quantitative estimate of drug-likeness (QED) is 0.856. The van der Waals surface area contributed by atoms with Gasteiger partial charge in [-0.3, -0.25) is 9.69 Å². The van der Waals surface area contributed by atoms with Crippen molar-refractivity contribution >= 4 is 17.9 Å². The van der Waals surface area contributed by atoms with Crippen molar-refractivity contribution in [1.82, 2.24) is 4.90 Å². The lowest BCUT2D eigenvalue weighted by Gasteiger charge is -2.28. The number of amides is 1. The zero-order chi connectivity index (χ0) is 14.5. The van der Waals surface area contributed by atoms with E-state index in [1.807, 2.05) is 25.1 Å². The Bertz CT molecular complexity index is 491. The molecule has 1 aromatic carbocycles. The molecule has 4 nitrogen and oxygen atoms in total. The first-order valence-electron chi connectivity index (χ1n) is 7.13. The summed E-state index contributed by atoms with van der Waals surface area (Å²) >= 11 is 0. The number of benzene rings is 1. The minimum absolute atomic E-state index is 0.0119. The van der Waals surface area contributed by atoms with Gasteiger partial charge in [-0.05, 0) is 63.0 Å². The molecule has 4 heteroatoms. The van der Waals surface area contributed by atoms with Gasteiger partial charge in [0.1, 0.15) is 6.29 Å². The monoisotopic (exact) mass is 274 g/mol. The Labute approximate surface area is 120 Å². The number of carbonyl (C=O) groups excluding carboxylic acids is 2. The van der Waals surface area contributed by atoms with Gasteiger partial charge in [-0.15, -0.1) is 0 Å². The first kappa shape index (κ1) is 14.7. The highest BCUT2D eigenvalue weighted by Crippen LogP contribution is 2.16. The fourth-order valence-corrected chi connectivity index (χ4v) is 2.47. The van der Waals surface area contributed by atoms with Crippen LogP contribution in [0.2, 0.25) is 0 Å². The molecule has 108 valence electrons. The summed E-state index contributed by atoms with van der Waals surface area (Å²) in [4.78, 5) is 24.8. The van der Waals surface area contributed by atoms with Crippen molar-refractivity contribution in [2.45, 2.75) is 26.7 Å². The van der Waals surface area contributed by atoms with Crippen LogP contribution >= 0.6 is 0 Å². The maximum Gasteiger partial charge on any atom is 0.238 e. The zero-order valence-corrected chi connectivity index (χ0v) is 12.2. The predicted molar refractivity (Wildman–Crippen MR) is 79.8 cm³/mol. The Morgan fingerprint density at radius 2 is 2.00 bits per heavy atom. The Morgan fingerprint density at radius 1 is 1.30 bits per heavy atom. The minimum Gasteiger partial charge on any atom is -0.325 e. The number of aryl methyl sites for hydroxylation is 2. The Balaban J connectivity index is 1.83. The summed E-state index contributed by atoms with van der Waals surface area (Å²) in [6.45, 7) is 6.14. The summed E-state index contributed by atoms with van der Waals surface area (Å²) in [6, 6.07) is 5.94. The Hall–Kier alpha value is -1.68.